The number of hydrogen-bond acceptors (Lipinski definition) is 2. The quantitative estimate of drug-likeness (QED) is 0.758. The molecular formula is C14H19FN2O. The van der Waals surface area contributed by atoms with E-state index in [1.54, 1.807) is 12.1 Å². The van der Waals surface area contributed by atoms with Gasteiger partial charge < -0.3 is 10.6 Å². The Morgan fingerprint density at radius 2 is 2.28 bits per heavy atom. The van der Waals surface area contributed by atoms with Crippen LogP contribution in [0.1, 0.15) is 26.7 Å². The summed E-state index contributed by atoms with van der Waals surface area (Å²) in [6.07, 6.45) is 3.75. The summed E-state index contributed by atoms with van der Waals surface area (Å²) in [6.45, 7) is 7.07. The highest BCUT2D eigenvalue weighted by Gasteiger charge is 2.07. The minimum Gasteiger partial charge on any atom is -0.383 e. The molecule has 0 aliphatic rings. The molecule has 0 saturated carbocycles. The fraction of sp³-hybridized carbons (Fsp3) is 0.357. The Bertz CT molecular complexity index is 432. The van der Waals surface area contributed by atoms with Gasteiger partial charge in [0.05, 0.1) is 5.69 Å². The Labute approximate surface area is 107 Å². The maximum Gasteiger partial charge on any atom is 0.221 e. The van der Waals surface area contributed by atoms with Gasteiger partial charge in [0, 0.05) is 18.7 Å². The Hall–Kier alpha value is -1.84. The second kappa shape index (κ2) is 6.79. The van der Waals surface area contributed by atoms with Crippen LogP contribution in [0.2, 0.25) is 0 Å². The molecule has 2 N–H and O–H groups in total. The van der Waals surface area contributed by atoms with Gasteiger partial charge in [-0.25, -0.2) is 4.39 Å². The molecule has 0 radical (unpaired) electrons. The van der Waals surface area contributed by atoms with Gasteiger partial charge in [0.25, 0.3) is 0 Å². The molecule has 1 rings (SSSR count). The molecule has 98 valence electrons. The fourth-order valence-corrected chi connectivity index (χ4v) is 1.63. The van der Waals surface area contributed by atoms with Crippen LogP contribution in [0.5, 0.6) is 0 Å². The average molecular weight is 250 g/mol. The maximum absolute atomic E-state index is 13.4. The predicted octanol–water partition coefficient (Wildman–Crippen LogP) is 3.55. The SMILES string of the molecule is C=CCC[C@@H](C)Nc1ccc(F)c(NC(C)=O)c1. The summed E-state index contributed by atoms with van der Waals surface area (Å²) < 4.78 is 13.4. The lowest BCUT2D eigenvalue weighted by Crippen LogP contribution is -2.15. The minimum absolute atomic E-state index is 0.198. The molecule has 1 atom stereocenters. The number of nitrogens with one attached hydrogen (secondary N) is 2. The van der Waals surface area contributed by atoms with Gasteiger partial charge in [-0.3, -0.25) is 4.79 Å². The zero-order chi connectivity index (χ0) is 13.5. The molecule has 0 aliphatic carbocycles. The summed E-state index contributed by atoms with van der Waals surface area (Å²) >= 11 is 0. The van der Waals surface area contributed by atoms with E-state index in [0.717, 1.165) is 18.5 Å². The van der Waals surface area contributed by atoms with Crippen LogP contribution < -0.4 is 10.6 Å². The molecule has 0 saturated heterocycles. The van der Waals surface area contributed by atoms with E-state index >= 15 is 0 Å². The van der Waals surface area contributed by atoms with Crippen LogP contribution in [-0.2, 0) is 4.79 Å². The van der Waals surface area contributed by atoms with Crippen LogP contribution >= 0.6 is 0 Å². The zero-order valence-electron chi connectivity index (χ0n) is 10.8. The predicted molar refractivity (Wildman–Crippen MR) is 73.2 cm³/mol. The van der Waals surface area contributed by atoms with E-state index in [2.05, 4.69) is 17.2 Å². The summed E-state index contributed by atoms with van der Waals surface area (Å²) in [4.78, 5) is 10.9. The van der Waals surface area contributed by atoms with Gasteiger partial charge in [0.15, 0.2) is 0 Å². The van der Waals surface area contributed by atoms with Crippen molar-refractivity contribution in [3.8, 4) is 0 Å². The molecule has 0 heterocycles. The number of allylic oxidation sites excluding steroid dienone is 1. The Morgan fingerprint density at radius 3 is 2.89 bits per heavy atom. The molecule has 0 spiro atoms. The van der Waals surface area contributed by atoms with Crippen molar-refractivity contribution in [2.45, 2.75) is 32.7 Å². The van der Waals surface area contributed by atoms with Crippen LogP contribution in [0, 0.1) is 5.82 Å². The lowest BCUT2D eigenvalue weighted by atomic mass is 10.1. The van der Waals surface area contributed by atoms with Gasteiger partial charge in [0.2, 0.25) is 5.91 Å². The highest BCUT2D eigenvalue weighted by molar-refractivity contribution is 5.89. The first kappa shape index (κ1) is 14.2. The summed E-state index contributed by atoms with van der Waals surface area (Å²) in [5, 5.41) is 5.71. The van der Waals surface area contributed by atoms with Crippen molar-refractivity contribution in [3.63, 3.8) is 0 Å². The number of carbonyl (C=O) groups excluding carboxylic acids is 1. The molecule has 0 bridgehead atoms. The number of hydrogen-bond donors (Lipinski definition) is 2. The molecule has 1 amide bonds. The summed E-state index contributed by atoms with van der Waals surface area (Å²) in [5.41, 5.74) is 0.986. The smallest absolute Gasteiger partial charge is 0.221 e. The van der Waals surface area contributed by atoms with E-state index in [-0.39, 0.29) is 17.6 Å². The lowest BCUT2D eigenvalue weighted by Gasteiger charge is -2.15. The molecular weight excluding hydrogens is 231 g/mol. The summed E-state index contributed by atoms with van der Waals surface area (Å²) in [7, 11) is 0. The van der Waals surface area contributed by atoms with Gasteiger partial charge in [-0.2, -0.15) is 0 Å². The van der Waals surface area contributed by atoms with Gasteiger partial charge in [-0.15, -0.1) is 6.58 Å². The maximum atomic E-state index is 13.4. The monoisotopic (exact) mass is 250 g/mol. The van der Waals surface area contributed by atoms with Gasteiger partial charge in [0.1, 0.15) is 5.82 Å². The van der Waals surface area contributed by atoms with Crippen LogP contribution in [0.15, 0.2) is 30.9 Å². The number of benzene rings is 1. The lowest BCUT2D eigenvalue weighted by molar-refractivity contribution is -0.114. The highest BCUT2D eigenvalue weighted by atomic mass is 19.1. The molecule has 0 unspecified atom stereocenters. The largest absolute Gasteiger partial charge is 0.383 e. The Kier molecular flexibility index (Phi) is 5.36. The normalized spacial score (nSPS) is 11.7. The number of amides is 1. The summed E-state index contributed by atoms with van der Waals surface area (Å²) in [6, 6.07) is 4.86. The van der Waals surface area contributed by atoms with E-state index in [4.69, 9.17) is 0 Å². The first-order chi connectivity index (χ1) is 8.52. The minimum atomic E-state index is -0.436. The molecule has 1 aromatic carbocycles. The van der Waals surface area contributed by atoms with Gasteiger partial charge in [-0.05, 0) is 38.0 Å². The van der Waals surface area contributed by atoms with Crippen LogP contribution in [0.4, 0.5) is 15.8 Å². The third-order valence-corrected chi connectivity index (χ3v) is 2.49. The third kappa shape index (κ3) is 4.57. The van der Waals surface area contributed by atoms with E-state index in [1.807, 2.05) is 13.0 Å². The third-order valence-electron chi connectivity index (χ3n) is 2.49. The van der Waals surface area contributed by atoms with Crippen molar-refractivity contribution in [2.24, 2.45) is 0 Å². The molecule has 0 fully saturated rings. The van der Waals surface area contributed by atoms with E-state index in [1.165, 1.54) is 13.0 Å². The van der Waals surface area contributed by atoms with Crippen LogP contribution in [0.3, 0.4) is 0 Å². The van der Waals surface area contributed by atoms with Crippen molar-refractivity contribution in [1.29, 1.82) is 0 Å². The van der Waals surface area contributed by atoms with Crippen molar-refractivity contribution >= 4 is 17.3 Å². The molecule has 3 nitrogen and oxygen atoms in total. The first-order valence-corrected chi connectivity index (χ1v) is 5.97. The van der Waals surface area contributed by atoms with Crippen LogP contribution in [0.25, 0.3) is 0 Å². The van der Waals surface area contributed by atoms with Crippen molar-refractivity contribution in [3.05, 3.63) is 36.7 Å². The zero-order valence-corrected chi connectivity index (χ0v) is 10.8. The standard InChI is InChI=1S/C14H19FN2O/c1-4-5-6-10(2)16-12-7-8-13(15)14(9-12)17-11(3)18/h4,7-10,16H,1,5-6H2,2-3H3,(H,17,18)/t10-/m1/s1. The molecule has 0 aliphatic heterocycles. The summed E-state index contributed by atoms with van der Waals surface area (Å²) in [5.74, 6) is -0.722. The number of halogens is 1. The second-order valence-electron chi connectivity index (χ2n) is 4.29. The van der Waals surface area contributed by atoms with Crippen LogP contribution in [-0.4, -0.2) is 11.9 Å². The molecule has 18 heavy (non-hydrogen) atoms. The van der Waals surface area contributed by atoms with Gasteiger partial charge in [-0.1, -0.05) is 6.08 Å². The van der Waals surface area contributed by atoms with Crippen molar-refractivity contribution in [2.75, 3.05) is 10.6 Å². The Balaban J connectivity index is 2.71. The average Bonchev–Trinajstić information content (AvgIpc) is 2.30. The first-order valence-electron chi connectivity index (χ1n) is 5.97. The highest BCUT2D eigenvalue weighted by Crippen LogP contribution is 2.20. The number of carbonyl (C=O) groups is 1. The van der Waals surface area contributed by atoms with Gasteiger partial charge >= 0.3 is 0 Å². The van der Waals surface area contributed by atoms with Crippen molar-refractivity contribution < 1.29 is 9.18 Å². The van der Waals surface area contributed by atoms with Crippen molar-refractivity contribution in [1.82, 2.24) is 0 Å². The van der Waals surface area contributed by atoms with E-state index in [0.29, 0.717) is 0 Å². The van der Waals surface area contributed by atoms with E-state index in [9.17, 15) is 9.18 Å². The number of anilines is 2. The van der Waals surface area contributed by atoms with E-state index < -0.39 is 5.82 Å². The molecule has 1 aromatic rings. The topological polar surface area (TPSA) is 41.1 Å². The number of rotatable bonds is 6. The molecule has 0 aromatic heterocycles. The fourth-order valence-electron chi connectivity index (χ4n) is 1.63. The second-order valence-corrected chi connectivity index (χ2v) is 4.29. The molecule has 4 heteroatoms. The Morgan fingerprint density at radius 1 is 1.56 bits per heavy atom.